The first-order valence-corrected chi connectivity index (χ1v) is 9.93. The average molecular weight is 424 g/mol. The smallest absolute Gasteiger partial charge is 0.332 e. The minimum atomic E-state index is -0.406. The Kier molecular flexibility index (Phi) is 5.22. The summed E-state index contributed by atoms with van der Waals surface area (Å²) < 4.78 is 4.35. The lowest BCUT2D eigenvalue weighted by Crippen LogP contribution is -2.37. The van der Waals surface area contributed by atoms with E-state index in [0.29, 0.717) is 35.2 Å². The maximum absolute atomic E-state index is 13.0. The molecule has 0 spiro atoms. The number of nitrogens with one attached hydrogen (secondary N) is 1. The van der Waals surface area contributed by atoms with E-state index in [1.165, 1.54) is 11.6 Å². The molecule has 0 unspecified atom stereocenters. The van der Waals surface area contributed by atoms with Gasteiger partial charge in [-0.25, -0.2) is 4.79 Å². The van der Waals surface area contributed by atoms with Gasteiger partial charge in [0.25, 0.3) is 5.56 Å². The summed E-state index contributed by atoms with van der Waals surface area (Å²) in [4.78, 5) is 29.9. The van der Waals surface area contributed by atoms with Gasteiger partial charge in [-0.05, 0) is 30.2 Å². The van der Waals surface area contributed by atoms with E-state index >= 15 is 0 Å². The number of benzene rings is 2. The van der Waals surface area contributed by atoms with Gasteiger partial charge in [0.05, 0.1) is 6.54 Å². The van der Waals surface area contributed by atoms with Crippen molar-refractivity contribution in [3.05, 3.63) is 91.1 Å². The van der Waals surface area contributed by atoms with E-state index in [0.717, 1.165) is 21.3 Å². The Bertz CT molecular complexity index is 1350. The summed E-state index contributed by atoms with van der Waals surface area (Å²) in [6.07, 6.45) is 0. The maximum Gasteiger partial charge on any atom is 0.332 e. The van der Waals surface area contributed by atoms with E-state index in [2.05, 4.69) is 16.4 Å². The van der Waals surface area contributed by atoms with Gasteiger partial charge in [0.1, 0.15) is 0 Å². The Balaban J connectivity index is 1.84. The van der Waals surface area contributed by atoms with Gasteiger partial charge >= 0.3 is 5.69 Å². The number of hydrogen-bond donors (Lipinski definition) is 1. The number of rotatable bonds is 5. The highest BCUT2D eigenvalue weighted by atomic mass is 35.5. The highest BCUT2D eigenvalue weighted by molar-refractivity contribution is 6.30. The van der Waals surface area contributed by atoms with Crippen molar-refractivity contribution < 1.29 is 0 Å². The molecule has 30 heavy (non-hydrogen) atoms. The standard InChI is InChI=1S/C22H22ClN5O2/c1-14-5-4-6-16(11-14)13-28-18-19(26(2)22(30)27(3)20(18)29)25-21(28)24-12-15-7-9-17(23)10-8-15/h4-11H,12-13H2,1-3H3,(H,24,25). The Morgan fingerprint density at radius 3 is 2.43 bits per heavy atom. The van der Waals surface area contributed by atoms with Crippen LogP contribution in [0.5, 0.6) is 0 Å². The molecule has 0 bridgehead atoms. The largest absolute Gasteiger partial charge is 0.351 e. The molecule has 0 aliphatic carbocycles. The van der Waals surface area contributed by atoms with Crippen molar-refractivity contribution >= 4 is 28.7 Å². The topological polar surface area (TPSA) is 73.8 Å². The van der Waals surface area contributed by atoms with Gasteiger partial charge in [-0.2, -0.15) is 4.98 Å². The fraction of sp³-hybridized carbons (Fsp3) is 0.227. The van der Waals surface area contributed by atoms with E-state index < -0.39 is 5.69 Å². The zero-order valence-corrected chi connectivity index (χ0v) is 17.8. The van der Waals surface area contributed by atoms with Crippen molar-refractivity contribution in [2.45, 2.75) is 20.0 Å². The molecule has 4 rings (SSSR count). The average Bonchev–Trinajstić information content (AvgIpc) is 3.08. The van der Waals surface area contributed by atoms with Gasteiger partial charge < -0.3 is 5.32 Å². The highest BCUT2D eigenvalue weighted by Gasteiger charge is 2.19. The normalized spacial score (nSPS) is 11.2. The molecule has 0 atom stereocenters. The summed E-state index contributed by atoms with van der Waals surface area (Å²) >= 11 is 5.97. The van der Waals surface area contributed by atoms with Crippen molar-refractivity contribution in [1.82, 2.24) is 18.7 Å². The maximum atomic E-state index is 13.0. The zero-order chi connectivity index (χ0) is 21.4. The van der Waals surface area contributed by atoms with Crippen LogP contribution in [-0.4, -0.2) is 18.7 Å². The number of aryl methyl sites for hydroxylation is 2. The zero-order valence-electron chi connectivity index (χ0n) is 17.0. The Morgan fingerprint density at radius 1 is 1.00 bits per heavy atom. The Hall–Kier alpha value is -3.32. The van der Waals surface area contributed by atoms with E-state index in [-0.39, 0.29) is 5.56 Å². The number of hydrogen-bond acceptors (Lipinski definition) is 4. The molecule has 0 fully saturated rings. The highest BCUT2D eigenvalue weighted by Crippen LogP contribution is 2.19. The molecule has 1 N–H and O–H groups in total. The molecular formula is C22H22ClN5O2. The van der Waals surface area contributed by atoms with E-state index in [1.54, 1.807) is 7.05 Å². The first-order chi connectivity index (χ1) is 14.3. The van der Waals surface area contributed by atoms with Crippen LogP contribution in [0.15, 0.2) is 58.1 Å². The first kappa shape index (κ1) is 20.0. The SMILES string of the molecule is Cc1cccc(Cn2c(NCc3ccc(Cl)cc3)nc3c2c(=O)n(C)c(=O)n3C)c1. The van der Waals surface area contributed by atoms with Gasteiger partial charge in [0.15, 0.2) is 11.2 Å². The fourth-order valence-electron chi connectivity index (χ4n) is 3.51. The third-order valence-electron chi connectivity index (χ3n) is 5.14. The number of halogens is 1. The molecule has 0 aliphatic rings. The number of anilines is 1. The summed E-state index contributed by atoms with van der Waals surface area (Å²) in [6, 6.07) is 15.6. The monoisotopic (exact) mass is 423 g/mol. The summed E-state index contributed by atoms with van der Waals surface area (Å²) in [7, 11) is 3.10. The number of aromatic nitrogens is 4. The Labute approximate surface area is 178 Å². The molecule has 0 aliphatic heterocycles. The lowest BCUT2D eigenvalue weighted by molar-refractivity contribution is 0.702. The van der Waals surface area contributed by atoms with Crippen LogP contribution in [0.2, 0.25) is 5.02 Å². The molecule has 0 amide bonds. The van der Waals surface area contributed by atoms with E-state index in [9.17, 15) is 9.59 Å². The molecular weight excluding hydrogens is 402 g/mol. The van der Waals surface area contributed by atoms with Crippen molar-refractivity contribution in [1.29, 1.82) is 0 Å². The minimum absolute atomic E-state index is 0.356. The van der Waals surface area contributed by atoms with Crippen molar-refractivity contribution in [3.63, 3.8) is 0 Å². The van der Waals surface area contributed by atoms with Gasteiger partial charge in [-0.1, -0.05) is 53.6 Å². The molecule has 7 nitrogen and oxygen atoms in total. The molecule has 4 aromatic rings. The predicted octanol–water partition coefficient (Wildman–Crippen LogP) is 3.06. The lowest BCUT2D eigenvalue weighted by atomic mass is 10.1. The van der Waals surface area contributed by atoms with Crippen molar-refractivity contribution in [3.8, 4) is 0 Å². The lowest BCUT2D eigenvalue weighted by Gasteiger charge is -2.12. The number of fused-ring (bicyclic) bond motifs is 1. The van der Waals surface area contributed by atoms with Crippen LogP contribution in [-0.2, 0) is 27.2 Å². The van der Waals surface area contributed by atoms with E-state index in [1.807, 2.05) is 54.0 Å². The van der Waals surface area contributed by atoms with Crippen LogP contribution in [0.3, 0.4) is 0 Å². The molecule has 2 aromatic heterocycles. The molecule has 2 heterocycles. The Morgan fingerprint density at radius 2 is 1.73 bits per heavy atom. The van der Waals surface area contributed by atoms with Gasteiger partial charge in [-0.3, -0.25) is 18.5 Å². The van der Waals surface area contributed by atoms with Gasteiger partial charge in [0, 0.05) is 25.7 Å². The fourth-order valence-corrected chi connectivity index (χ4v) is 3.64. The third-order valence-corrected chi connectivity index (χ3v) is 5.39. The second-order valence-electron chi connectivity index (χ2n) is 7.37. The molecule has 154 valence electrons. The van der Waals surface area contributed by atoms with Crippen molar-refractivity contribution in [2.24, 2.45) is 14.1 Å². The molecule has 0 radical (unpaired) electrons. The van der Waals surface area contributed by atoms with Crippen LogP contribution in [0, 0.1) is 6.92 Å². The predicted molar refractivity (Wildman–Crippen MR) is 119 cm³/mol. The molecule has 2 aromatic carbocycles. The van der Waals surface area contributed by atoms with E-state index in [4.69, 9.17) is 11.6 Å². The van der Waals surface area contributed by atoms with Crippen LogP contribution in [0.25, 0.3) is 11.2 Å². The second kappa shape index (κ2) is 7.84. The summed E-state index contributed by atoms with van der Waals surface area (Å²) in [5.74, 6) is 0.528. The second-order valence-corrected chi connectivity index (χ2v) is 7.81. The van der Waals surface area contributed by atoms with Gasteiger partial charge in [-0.15, -0.1) is 0 Å². The van der Waals surface area contributed by atoms with Crippen LogP contribution in [0.1, 0.15) is 16.7 Å². The third kappa shape index (κ3) is 3.64. The summed E-state index contributed by atoms with van der Waals surface area (Å²) in [6.45, 7) is 2.98. The van der Waals surface area contributed by atoms with Crippen LogP contribution in [0.4, 0.5) is 5.95 Å². The molecule has 0 saturated carbocycles. The van der Waals surface area contributed by atoms with Crippen molar-refractivity contribution in [2.75, 3.05) is 5.32 Å². The number of nitrogens with zero attached hydrogens (tertiary/aromatic N) is 4. The minimum Gasteiger partial charge on any atom is -0.351 e. The molecule has 0 saturated heterocycles. The van der Waals surface area contributed by atoms with Crippen LogP contribution < -0.4 is 16.6 Å². The van der Waals surface area contributed by atoms with Crippen LogP contribution >= 0.6 is 11.6 Å². The quantitative estimate of drug-likeness (QED) is 0.535. The van der Waals surface area contributed by atoms with Gasteiger partial charge in [0.2, 0.25) is 5.95 Å². The number of imidazole rings is 1. The summed E-state index contributed by atoms with van der Waals surface area (Å²) in [5, 5.41) is 3.98. The summed E-state index contributed by atoms with van der Waals surface area (Å²) in [5.41, 5.74) is 3.17. The molecule has 8 heteroatoms. The first-order valence-electron chi connectivity index (χ1n) is 9.55.